The predicted octanol–water partition coefficient (Wildman–Crippen LogP) is 2.63. The van der Waals surface area contributed by atoms with Gasteiger partial charge in [0, 0.05) is 12.0 Å². The number of H-pyrrole nitrogens is 1. The summed E-state index contributed by atoms with van der Waals surface area (Å²) in [6.07, 6.45) is 0.767. The average molecular weight is 277 g/mol. The number of nitrogens with one attached hydrogen (secondary N) is 1. The standard InChI is InChI=1S/C14H13ClN2O2/c1-2-19-6-5-9-3-4-10-12(7-9)17-14(18)11(8-16)13(10)15/h3-4,7H,2,5-6H2,1H3,(H,17,18). The van der Waals surface area contributed by atoms with Crippen LogP contribution in [0.1, 0.15) is 18.1 Å². The number of halogens is 1. The molecule has 4 nitrogen and oxygen atoms in total. The van der Waals surface area contributed by atoms with Crippen molar-refractivity contribution in [1.82, 2.24) is 4.98 Å². The summed E-state index contributed by atoms with van der Waals surface area (Å²) in [5.41, 5.74) is 1.19. The predicted molar refractivity (Wildman–Crippen MR) is 74.5 cm³/mol. The number of hydrogen-bond donors (Lipinski definition) is 1. The van der Waals surface area contributed by atoms with Gasteiger partial charge in [-0.2, -0.15) is 5.26 Å². The van der Waals surface area contributed by atoms with Crippen molar-refractivity contribution >= 4 is 22.5 Å². The molecule has 0 unspecified atom stereocenters. The minimum atomic E-state index is -0.457. The monoisotopic (exact) mass is 276 g/mol. The van der Waals surface area contributed by atoms with E-state index in [0.717, 1.165) is 12.0 Å². The number of rotatable bonds is 4. The Balaban J connectivity index is 2.45. The smallest absolute Gasteiger partial charge is 0.267 e. The third-order valence-electron chi connectivity index (χ3n) is 2.87. The Hall–Kier alpha value is -1.83. The van der Waals surface area contributed by atoms with Crippen molar-refractivity contribution in [2.75, 3.05) is 13.2 Å². The van der Waals surface area contributed by atoms with Crippen molar-refractivity contribution in [3.05, 3.63) is 44.7 Å². The molecular formula is C14H13ClN2O2. The Kier molecular flexibility index (Phi) is 4.20. The van der Waals surface area contributed by atoms with E-state index in [1.54, 1.807) is 0 Å². The summed E-state index contributed by atoms with van der Waals surface area (Å²) in [7, 11) is 0. The zero-order valence-electron chi connectivity index (χ0n) is 10.5. The molecule has 1 N–H and O–H groups in total. The number of aromatic nitrogens is 1. The molecule has 1 aromatic heterocycles. The van der Waals surface area contributed by atoms with E-state index in [9.17, 15) is 4.79 Å². The van der Waals surface area contributed by atoms with Gasteiger partial charge < -0.3 is 9.72 Å². The van der Waals surface area contributed by atoms with Crippen molar-refractivity contribution in [2.24, 2.45) is 0 Å². The Morgan fingerprint density at radius 1 is 1.47 bits per heavy atom. The molecule has 0 amide bonds. The van der Waals surface area contributed by atoms with Crippen LogP contribution in [0.5, 0.6) is 0 Å². The zero-order valence-corrected chi connectivity index (χ0v) is 11.3. The molecule has 0 fully saturated rings. The van der Waals surface area contributed by atoms with Crippen LogP contribution in [0.2, 0.25) is 5.02 Å². The van der Waals surface area contributed by atoms with Crippen LogP contribution in [0.4, 0.5) is 0 Å². The van der Waals surface area contributed by atoms with E-state index in [4.69, 9.17) is 21.6 Å². The summed E-state index contributed by atoms with van der Waals surface area (Å²) >= 11 is 6.06. The van der Waals surface area contributed by atoms with Crippen LogP contribution in [0.3, 0.4) is 0 Å². The van der Waals surface area contributed by atoms with Gasteiger partial charge in [-0.1, -0.05) is 23.7 Å². The van der Waals surface area contributed by atoms with Crippen LogP contribution in [-0.2, 0) is 11.2 Å². The molecule has 2 rings (SSSR count). The van der Waals surface area contributed by atoms with E-state index in [-0.39, 0.29) is 10.6 Å². The summed E-state index contributed by atoms with van der Waals surface area (Å²) in [5, 5.41) is 9.77. The van der Waals surface area contributed by atoms with Gasteiger partial charge in [0.25, 0.3) is 5.56 Å². The van der Waals surface area contributed by atoms with E-state index in [1.807, 2.05) is 31.2 Å². The first-order valence-corrected chi connectivity index (χ1v) is 6.37. The van der Waals surface area contributed by atoms with Gasteiger partial charge in [0.15, 0.2) is 0 Å². The first kappa shape index (κ1) is 13.6. The number of pyridine rings is 1. The van der Waals surface area contributed by atoms with Gasteiger partial charge in [0.2, 0.25) is 0 Å². The van der Waals surface area contributed by atoms with Crippen molar-refractivity contribution in [1.29, 1.82) is 5.26 Å². The van der Waals surface area contributed by atoms with Gasteiger partial charge in [0.1, 0.15) is 11.6 Å². The highest BCUT2D eigenvalue weighted by Gasteiger charge is 2.10. The molecule has 5 heteroatoms. The molecule has 0 aliphatic rings. The molecule has 0 atom stereocenters. The molecule has 2 aromatic rings. The van der Waals surface area contributed by atoms with Crippen molar-refractivity contribution < 1.29 is 4.74 Å². The fourth-order valence-corrected chi connectivity index (χ4v) is 2.19. The van der Waals surface area contributed by atoms with Gasteiger partial charge in [0.05, 0.1) is 17.1 Å². The molecule has 0 saturated carbocycles. The van der Waals surface area contributed by atoms with E-state index >= 15 is 0 Å². The average Bonchev–Trinajstić information content (AvgIpc) is 2.39. The normalized spacial score (nSPS) is 10.6. The Morgan fingerprint density at radius 2 is 2.26 bits per heavy atom. The summed E-state index contributed by atoms with van der Waals surface area (Å²) in [6, 6.07) is 7.42. The lowest BCUT2D eigenvalue weighted by molar-refractivity contribution is 0.151. The van der Waals surface area contributed by atoms with E-state index in [0.29, 0.717) is 24.1 Å². The maximum Gasteiger partial charge on any atom is 0.267 e. The molecule has 0 spiro atoms. The summed E-state index contributed by atoms with van der Waals surface area (Å²) < 4.78 is 5.29. The second kappa shape index (κ2) is 5.87. The number of hydrogen-bond acceptors (Lipinski definition) is 3. The largest absolute Gasteiger partial charge is 0.381 e. The second-order valence-corrected chi connectivity index (χ2v) is 4.46. The lowest BCUT2D eigenvalue weighted by Gasteiger charge is -2.06. The first-order valence-electron chi connectivity index (χ1n) is 5.99. The maximum atomic E-state index is 11.7. The second-order valence-electron chi connectivity index (χ2n) is 4.08. The fraction of sp³-hybridized carbons (Fsp3) is 0.286. The molecule has 0 bridgehead atoms. The highest BCUT2D eigenvalue weighted by molar-refractivity contribution is 6.36. The van der Waals surface area contributed by atoms with Crippen LogP contribution < -0.4 is 5.56 Å². The topological polar surface area (TPSA) is 65.9 Å². The molecule has 0 aliphatic heterocycles. The van der Waals surface area contributed by atoms with Crippen LogP contribution in [0, 0.1) is 11.3 Å². The van der Waals surface area contributed by atoms with Crippen molar-refractivity contribution in [3.63, 3.8) is 0 Å². The van der Waals surface area contributed by atoms with Crippen LogP contribution in [0.15, 0.2) is 23.0 Å². The lowest BCUT2D eigenvalue weighted by atomic mass is 10.1. The Morgan fingerprint density at radius 3 is 2.95 bits per heavy atom. The quantitative estimate of drug-likeness (QED) is 0.873. The summed E-state index contributed by atoms with van der Waals surface area (Å²) in [4.78, 5) is 14.3. The number of benzene rings is 1. The molecular weight excluding hydrogens is 264 g/mol. The number of nitrogens with zero attached hydrogens (tertiary/aromatic N) is 1. The molecule has 1 heterocycles. The summed E-state index contributed by atoms with van der Waals surface area (Å²) in [5.74, 6) is 0. The first-order chi connectivity index (χ1) is 9.17. The highest BCUT2D eigenvalue weighted by Crippen LogP contribution is 2.24. The molecule has 98 valence electrons. The third kappa shape index (κ3) is 2.78. The lowest BCUT2D eigenvalue weighted by Crippen LogP contribution is -2.11. The van der Waals surface area contributed by atoms with Crippen LogP contribution in [0.25, 0.3) is 10.9 Å². The van der Waals surface area contributed by atoms with Gasteiger partial charge in [-0.05, 0) is 25.0 Å². The fourth-order valence-electron chi connectivity index (χ4n) is 1.90. The molecule has 0 radical (unpaired) electrons. The van der Waals surface area contributed by atoms with Crippen molar-refractivity contribution in [3.8, 4) is 6.07 Å². The van der Waals surface area contributed by atoms with E-state index < -0.39 is 5.56 Å². The number of nitriles is 1. The van der Waals surface area contributed by atoms with Gasteiger partial charge >= 0.3 is 0 Å². The molecule has 0 saturated heterocycles. The molecule has 0 aliphatic carbocycles. The van der Waals surface area contributed by atoms with E-state index in [2.05, 4.69) is 4.98 Å². The van der Waals surface area contributed by atoms with Gasteiger partial charge in [-0.15, -0.1) is 0 Å². The van der Waals surface area contributed by atoms with E-state index in [1.165, 1.54) is 0 Å². The maximum absolute atomic E-state index is 11.7. The zero-order chi connectivity index (χ0) is 13.8. The third-order valence-corrected chi connectivity index (χ3v) is 3.26. The number of fused-ring (bicyclic) bond motifs is 1. The number of ether oxygens (including phenoxy) is 1. The SMILES string of the molecule is CCOCCc1ccc2c(Cl)c(C#N)c(=O)[nH]c2c1. The minimum absolute atomic E-state index is 0.0452. The van der Waals surface area contributed by atoms with Crippen molar-refractivity contribution in [2.45, 2.75) is 13.3 Å². The minimum Gasteiger partial charge on any atom is -0.381 e. The Labute approximate surface area is 115 Å². The highest BCUT2D eigenvalue weighted by atomic mass is 35.5. The Bertz CT molecular complexity index is 701. The number of aromatic amines is 1. The summed E-state index contributed by atoms with van der Waals surface area (Å²) in [6.45, 7) is 3.26. The van der Waals surface area contributed by atoms with Gasteiger partial charge in [-0.3, -0.25) is 4.79 Å². The van der Waals surface area contributed by atoms with Crippen LogP contribution in [-0.4, -0.2) is 18.2 Å². The molecule has 1 aromatic carbocycles. The molecule has 19 heavy (non-hydrogen) atoms. The van der Waals surface area contributed by atoms with Gasteiger partial charge in [-0.25, -0.2) is 0 Å². The van der Waals surface area contributed by atoms with Crippen LogP contribution >= 0.6 is 11.6 Å².